The van der Waals surface area contributed by atoms with Gasteiger partial charge in [-0.15, -0.1) is 0 Å². The van der Waals surface area contributed by atoms with Gasteiger partial charge in [0.2, 0.25) is 0 Å². The molecule has 0 bridgehead atoms. The molecule has 2 aromatic carbocycles. The van der Waals surface area contributed by atoms with Crippen molar-refractivity contribution in [3.63, 3.8) is 0 Å². The fraction of sp³-hybridized carbons (Fsp3) is 0.400. The van der Waals surface area contributed by atoms with Crippen LogP contribution in [0.5, 0.6) is 11.5 Å². The Morgan fingerprint density at radius 2 is 1.65 bits per heavy atom. The minimum absolute atomic E-state index is 0.669. The number of hydrogen-bond acceptors (Lipinski definition) is 3. The standard InChI is InChI=1S/C20H27NO2/c1-3-5-8-15-23-18-13-11-17(12-14-18)16-21-19-9-6-7-10-20(19)22-4-2/h6-7,9-14,21H,3-5,8,15-16H2,1-2H3. The van der Waals surface area contributed by atoms with Gasteiger partial charge in [0.1, 0.15) is 11.5 Å². The average Bonchev–Trinajstić information content (AvgIpc) is 2.59. The molecule has 0 radical (unpaired) electrons. The van der Waals surface area contributed by atoms with Crippen molar-refractivity contribution in [1.29, 1.82) is 0 Å². The van der Waals surface area contributed by atoms with Gasteiger partial charge in [0.25, 0.3) is 0 Å². The number of ether oxygens (including phenoxy) is 2. The molecule has 23 heavy (non-hydrogen) atoms. The third-order valence-electron chi connectivity index (χ3n) is 3.61. The molecule has 0 aliphatic heterocycles. The van der Waals surface area contributed by atoms with Gasteiger partial charge >= 0.3 is 0 Å². The maximum absolute atomic E-state index is 5.74. The molecule has 0 aromatic heterocycles. The molecule has 0 amide bonds. The highest BCUT2D eigenvalue weighted by Crippen LogP contribution is 2.24. The molecule has 124 valence electrons. The molecule has 0 aliphatic carbocycles. The van der Waals surface area contributed by atoms with Crippen LogP contribution >= 0.6 is 0 Å². The first-order chi connectivity index (χ1) is 11.3. The number of nitrogens with one attached hydrogen (secondary N) is 1. The van der Waals surface area contributed by atoms with Crippen LogP contribution in [-0.2, 0) is 6.54 Å². The monoisotopic (exact) mass is 313 g/mol. The van der Waals surface area contributed by atoms with Crippen LogP contribution in [0.1, 0.15) is 38.7 Å². The van der Waals surface area contributed by atoms with Crippen LogP contribution < -0.4 is 14.8 Å². The summed E-state index contributed by atoms with van der Waals surface area (Å²) in [7, 11) is 0. The molecule has 0 saturated carbocycles. The first kappa shape index (κ1) is 17.2. The van der Waals surface area contributed by atoms with E-state index in [1.54, 1.807) is 0 Å². The van der Waals surface area contributed by atoms with E-state index in [9.17, 15) is 0 Å². The highest BCUT2D eigenvalue weighted by Gasteiger charge is 2.02. The molecule has 0 fully saturated rings. The van der Waals surface area contributed by atoms with E-state index in [1.165, 1.54) is 18.4 Å². The first-order valence-electron chi connectivity index (χ1n) is 8.51. The summed E-state index contributed by atoms with van der Waals surface area (Å²) in [5, 5.41) is 3.43. The van der Waals surface area contributed by atoms with Crippen LogP contribution in [0.15, 0.2) is 48.5 Å². The lowest BCUT2D eigenvalue weighted by Crippen LogP contribution is -2.03. The molecular weight excluding hydrogens is 286 g/mol. The van der Waals surface area contributed by atoms with Crippen LogP contribution in [0.25, 0.3) is 0 Å². The van der Waals surface area contributed by atoms with Gasteiger partial charge in [-0.05, 0) is 43.2 Å². The molecule has 0 unspecified atom stereocenters. The van der Waals surface area contributed by atoms with Gasteiger partial charge < -0.3 is 14.8 Å². The first-order valence-corrected chi connectivity index (χ1v) is 8.51. The predicted molar refractivity (Wildman–Crippen MR) is 96.4 cm³/mol. The molecule has 0 spiro atoms. The number of unbranched alkanes of at least 4 members (excludes halogenated alkanes) is 2. The number of rotatable bonds is 10. The molecule has 3 nitrogen and oxygen atoms in total. The number of para-hydroxylation sites is 2. The molecule has 2 aromatic rings. The van der Waals surface area contributed by atoms with Crippen molar-refractivity contribution in [2.24, 2.45) is 0 Å². The summed E-state index contributed by atoms with van der Waals surface area (Å²) in [5.41, 5.74) is 2.24. The quantitative estimate of drug-likeness (QED) is 0.606. The molecule has 0 heterocycles. The van der Waals surface area contributed by atoms with E-state index in [2.05, 4.69) is 24.4 Å². The molecule has 0 atom stereocenters. The van der Waals surface area contributed by atoms with Crippen LogP contribution in [0, 0.1) is 0 Å². The summed E-state index contributed by atoms with van der Waals surface area (Å²) in [6.07, 6.45) is 3.56. The lowest BCUT2D eigenvalue weighted by atomic mass is 10.2. The van der Waals surface area contributed by atoms with Crippen LogP contribution in [0.3, 0.4) is 0 Å². The Balaban J connectivity index is 1.84. The minimum atomic E-state index is 0.669. The van der Waals surface area contributed by atoms with Gasteiger partial charge in [-0.25, -0.2) is 0 Å². The third-order valence-corrected chi connectivity index (χ3v) is 3.61. The zero-order valence-corrected chi connectivity index (χ0v) is 14.2. The van der Waals surface area contributed by atoms with Crippen molar-refractivity contribution >= 4 is 5.69 Å². The fourth-order valence-electron chi connectivity index (χ4n) is 2.34. The summed E-state index contributed by atoms with van der Waals surface area (Å²) in [6.45, 7) is 6.43. The zero-order chi connectivity index (χ0) is 16.3. The van der Waals surface area contributed by atoms with Gasteiger partial charge in [-0.2, -0.15) is 0 Å². The Morgan fingerprint density at radius 1 is 0.870 bits per heavy atom. The normalized spacial score (nSPS) is 10.3. The highest BCUT2D eigenvalue weighted by molar-refractivity contribution is 5.56. The number of anilines is 1. The molecule has 0 aliphatic rings. The zero-order valence-electron chi connectivity index (χ0n) is 14.2. The van der Waals surface area contributed by atoms with Crippen LogP contribution in [-0.4, -0.2) is 13.2 Å². The Labute approximate surface area is 139 Å². The van der Waals surface area contributed by atoms with Gasteiger partial charge in [0, 0.05) is 6.54 Å². The second-order valence-electron chi connectivity index (χ2n) is 5.48. The smallest absolute Gasteiger partial charge is 0.142 e. The lowest BCUT2D eigenvalue weighted by molar-refractivity contribution is 0.306. The van der Waals surface area contributed by atoms with Crippen LogP contribution in [0.2, 0.25) is 0 Å². The molecule has 1 N–H and O–H groups in total. The minimum Gasteiger partial charge on any atom is -0.494 e. The number of benzene rings is 2. The second kappa shape index (κ2) is 9.78. The van der Waals surface area contributed by atoms with E-state index in [0.29, 0.717) is 6.61 Å². The van der Waals surface area contributed by atoms with E-state index < -0.39 is 0 Å². The van der Waals surface area contributed by atoms with Crippen molar-refractivity contribution in [3.05, 3.63) is 54.1 Å². The van der Waals surface area contributed by atoms with Crippen molar-refractivity contribution in [3.8, 4) is 11.5 Å². The van der Waals surface area contributed by atoms with Crippen molar-refractivity contribution < 1.29 is 9.47 Å². The summed E-state index contributed by atoms with van der Waals surface area (Å²) in [6, 6.07) is 16.3. The van der Waals surface area contributed by atoms with Gasteiger partial charge in [0.05, 0.1) is 18.9 Å². The summed E-state index contributed by atoms with van der Waals surface area (Å²) in [4.78, 5) is 0. The van der Waals surface area contributed by atoms with Crippen molar-refractivity contribution in [1.82, 2.24) is 0 Å². The molecule has 3 heteroatoms. The Morgan fingerprint density at radius 3 is 2.39 bits per heavy atom. The van der Waals surface area contributed by atoms with E-state index >= 15 is 0 Å². The molecule has 2 rings (SSSR count). The van der Waals surface area contributed by atoms with Gasteiger partial charge in [-0.1, -0.05) is 44.0 Å². The van der Waals surface area contributed by atoms with E-state index in [4.69, 9.17) is 9.47 Å². The largest absolute Gasteiger partial charge is 0.494 e. The maximum Gasteiger partial charge on any atom is 0.142 e. The summed E-state index contributed by atoms with van der Waals surface area (Å²) >= 11 is 0. The topological polar surface area (TPSA) is 30.5 Å². The molecular formula is C20H27NO2. The van der Waals surface area contributed by atoms with Crippen LogP contribution in [0.4, 0.5) is 5.69 Å². The number of hydrogen-bond donors (Lipinski definition) is 1. The van der Waals surface area contributed by atoms with Gasteiger partial charge in [0.15, 0.2) is 0 Å². The van der Waals surface area contributed by atoms with Crippen molar-refractivity contribution in [2.75, 3.05) is 18.5 Å². The van der Waals surface area contributed by atoms with E-state index in [-0.39, 0.29) is 0 Å². The Kier molecular flexibility index (Phi) is 7.31. The SMILES string of the molecule is CCCCCOc1ccc(CNc2ccccc2OCC)cc1. The average molecular weight is 313 g/mol. The molecule has 0 saturated heterocycles. The summed E-state index contributed by atoms with van der Waals surface area (Å²) in [5.74, 6) is 1.84. The lowest BCUT2D eigenvalue weighted by Gasteiger charge is -2.12. The highest BCUT2D eigenvalue weighted by atomic mass is 16.5. The predicted octanol–water partition coefficient (Wildman–Crippen LogP) is 5.27. The fourth-order valence-corrected chi connectivity index (χ4v) is 2.34. The van der Waals surface area contributed by atoms with E-state index in [1.807, 2.05) is 43.3 Å². The maximum atomic E-state index is 5.74. The Hall–Kier alpha value is -2.16. The Bertz CT molecular complexity index is 566. The summed E-state index contributed by atoms with van der Waals surface area (Å²) < 4.78 is 11.4. The third kappa shape index (κ3) is 5.85. The van der Waals surface area contributed by atoms with Gasteiger partial charge in [-0.3, -0.25) is 0 Å². The van der Waals surface area contributed by atoms with E-state index in [0.717, 1.165) is 36.8 Å². The van der Waals surface area contributed by atoms with Crippen molar-refractivity contribution in [2.45, 2.75) is 39.7 Å². The second-order valence-corrected chi connectivity index (χ2v) is 5.48.